The van der Waals surface area contributed by atoms with E-state index < -0.39 is 11.4 Å². The number of nitrogens with two attached hydrogens (primary N) is 1. The zero-order valence-corrected chi connectivity index (χ0v) is 29.9. The smallest absolute Gasteiger partial charge is 0.324 e. The molecular weight excluding hydrogens is 645 g/mol. The molecule has 0 radical (unpaired) electrons. The van der Waals surface area contributed by atoms with Gasteiger partial charge in [0.05, 0.1) is 5.69 Å². The zero-order chi connectivity index (χ0) is 36.0. The number of fused-ring (bicyclic) bond motifs is 1. The molecule has 5 rings (SSSR count). The Balaban J connectivity index is 1.35. The van der Waals surface area contributed by atoms with Crippen LogP contribution in [0, 0.1) is 23.2 Å². The van der Waals surface area contributed by atoms with E-state index in [1.807, 2.05) is 70.2 Å². The highest BCUT2D eigenvalue weighted by Gasteiger charge is 2.18. The topological polar surface area (TPSA) is 174 Å². The van der Waals surface area contributed by atoms with Gasteiger partial charge in [0.25, 0.3) is 0 Å². The van der Waals surface area contributed by atoms with E-state index in [4.69, 9.17) is 21.3 Å². The molecule has 0 spiro atoms. The van der Waals surface area contributed by atoms with Crippen LogP contribution >= 0.6 is 7.92 Å². The Hall–Kier alpha value is -5.80. The van der Waals surface area contributed by atoms with Crippen LogP contribution in [0.5, 0.6) is 11.6 Å². The molecule has 5 aromatic rings. The van der Waals surface area contributed by atoms with Crippen molar-refractivity contribution in [3.05, 3.63) is 108 Å². The number of aromatic nitrogens is 2. The van der Waals surface area contributed by atoms with E-state index in [1.165, 1.54) is 11.5 Å². The van der Waals surface area contributed by atoms with E-state index in [-0.39, 0.29) is 7.92 Å². The van der Waals surface area contributed by atoms with Crippen molar-refractivity contribution in [2.75, 3.05) is 35.0 Å². The van der Waals surface area contributed by atoms with Crippen molar-refractivity contribution >= 4 is 70.7 Å². The molecular formula is C38H42N9O2P. The molecule has 0 saturated carbocycles. The number of allylic oxidation sites excluding steroid dienone is 1. The molecule has 1 aromatic heterocycles. The lowest BCUT2D eigenvalue weighted by Crippen LogP contribution is -2.32. The number of anilines is 5. The molecule has 12 heteroatoms. The monoisotopic (exact) mass is 687 g/mol. The first-order valence-electron chi connectivity index (χ1n) is 15.9. The van der Waals surface area contributed by atoms with Gasteiger partial charge in [-0.25, -0.2) is 9.78 Å². The highest BCUT2D eigenvalue weighted by atomic mass is 31.1. The van der Waals surface area contributed by atoms with E-state index in [9.17, 15) is 4.79 Å². The fourth-order valence-electron chi connectivity index (χ4n) is 4.93. The predicted octanol–water partition coefficient (Wildman–Crippen LogP) is 8.56. The van der Waals surface area contributed by atoms with Gasteiger partial charge >= 0.3 is 6.03 Å². The van der Waals surface area contributed by atoms with Crippen LogP contribution in [0.2, 0.25) is 0 Å². The Morgan fingerprint density at radius 2 is 1.66 bits per heavy atom. The molecule has 1 heterocycles. The summed E-state index contributed by atoms with van der Waals surface area (Å²) in [4.78, 5) is 22.3. The number of nitrogens with zero attached hydrogens (tertiary/aromatic N) is 2. The number of hydrogen-bond acceptors (Lipinski definition) is 9. The van der Waals surface area contributed by atoms with Gasteiger partial charge in [-0.05, 0) is 67.5 Å². The third-order valence-electron chi connectivity index (χ3n) is 7.81. The number of carbonyl (C=O) groups excluding carboxylic acids is 1. The van der Waals surface area contributed by atoms with E-state index in [0.29, 0.717) is 51.7 Å². The normalized spacial score (nSPS) is 11.6. The van der Waals surface area contributed by atoms with Crippen LogP contribution in [-0.2, 0) is 0 Å². The van der Waals surface area contributed by atoms with Gasteiger partial charge in [-0.15, -0.1) is 0 Å². The molecule has 0 aliphatic heterocycles. The van der Waals surface area contributed by atoms with Crippen LogP contribution < -0.4 is 37.0 Å². The molecule has 256 valence electrons. The van der Waals surface area contributed by atoms with E-state index in [1.54, 1.807) is 36.5 Å². The van der Waals surface area contributed by atoms with Crippen molar-refractivity contribution in [1.82, 2.24) is 15.3 Å². The average molecular weight is 688 g/mol. The van der Waals surface area contributed by atoms with Gasteiger partial charge in [-0.3, -0.25) is 5.32 Å². The van der Waals surface area contributed by atoms with Crippen LogP contribution in [0.25, 0.3) is 10.8 Å². The quantitative estimate of drug-likeness (QED) is 0.0414. The average Bonchev–Trinajstić information content (AvgIpc) is 3.07. The number of carbonyl (C=O) groups is 1. The minimum absolute atomic E-state index is 0.231. The minimum atomic E-state index is -0.470. The van der Waals surface area contributed by atoms with E-state index in [2.05, 4.69) is 56.7 Å². The van der Waals surface area contributed by atoms with Gasteiger partial charge in [-0.1, -0.05) is 65.1 Å². The van der Waals surface area contributed by atoms with Crippen LogP contribution in [0.4, 0.5) is 33.5 Å². The van der Waals surface area contributed by atoms with E-state index in [0.717, 1.165) is 22.0 Å². The lowest BCUT2D eigenvalue weighted by atomic mass is 9.90. The molecule has 0 aliphatic carbocycles. The van der Waals surface area contributed by atoms with Gasteiger partial charge in [0.2, 0.25) is 11.8 Å². The maximum Gasteiger partial charge on any atom is 0.324 e. The second-order valence-corrected chi connectivity index (χ2v) is 15.2. The summed E-state index contributed by atoms with van der Waals surface area (Å²) < 4.78 is 6.23. The Kier molecular flexibility index (Phi) is 10.8. The summed E-state index contributed by atoms with van der Waals surface area (Å²) in [5.74, 6) is 1.55. The highest BCUT2D eigenvalue weighted by molar-refractivity contribution is 7.64. The first-order valence-corrected chi connectivity index (χ1v) is 18.2. The number of rotatable bonds is 11. The molecule has 0 unspecified atom stereocenters. The lowest BCUT2D eigenvalue weighted by Gasteiger charge is -2.20. The molecule has 0 atom stereocenters. The molecule has 0 saturated heterocycles. The SMILES string of the molecule is Cc1cc(Nc2nccc(Oc3ccc(NC(=O)N/C(=C/C(=N)C(C)(C)C)Nc4ccc(P(C)C)cc4)c4ccccc34)n2)cc(C=N)c1N. The molecule has 8 N–H and O–H groups in total. The predicted molar refractivity (Wildman–Crippen MR) is 209 cm³/mol. The third kappa shape index (κ3) is 8.80. The van der Waals surface area contributed by atoms with Gasteiger partial charge in [0.1, 0.15) is 11.6 Å². The number of benzene rings is 4. The molecule has 50 heavy (non-hydrogen) atoms. The van der Waals surface area contributed by atoms with Crippen LogP contribution in [-0.4, -0.2) is 41.3 Å². The first kappa shape index (κ1) is 35.5. The Morgan fingerprint density at radius 1 is 0.940 bits per heavy atom. The number of aryl methyl sites for hydroxylation is 1. The molecule has 0 fully saturated rings. The summed E-state index contributed by atoms with van der Waals surface area (Å²) in [6.07, 6.45) is 4.44. The maximum atomic E-state index is 13.4. The molecule has 0 aliphatic rings. The maximum absolute atomic E-state index is 13.4. The second kappa shape index (κ2) is 15.2. The van der Waals surface area contributed by atoms with Crippen molar-refractivity contribution in [1.29, 1.82) is 10.8 Å². The standard InChI is InChI=1S/C38H42N9O2P/c1-23-19-26(20-24(22-39)35(23)41)44-36-42-18-17-34(47-36)49-31-16-15-30(28-9-7-8-10-29(28)31)45-37(48)46-33(21-32(40)38(2,3)4)43-25-11-13-27(14-12-25)50(5)6/h7-22,39-40,43H,41H2,1-6H3,(H,42,44,47)(H2,45,46,48)/b33-21+,39-22?,40-32?. The van der Waals surface area contributed by atoms with Crippen molar-refractivity contribution in [3.63, 3.8) is 0 Å². The van der Waals surface area contributed by atoms with Crippen molar-refractivity contribution < 1.29 is 9.53 Å². The Labute approximate surface area is 293 Å². The summed E-state index contributed by atoms with van der Waals surface area (Å²) >= 11 is 0. The summed E-state index contributed by atoms with van der Waals surface area (Å²) in [5, 5.41) is 31.3. The fraction of sp³-hybridized carbons (Fsp3) is 0.184. The Morgan fingerprint density at radius 3 is 2.34 bits per heavy atom. The van der Waals surface area contributed by atoms with Crippen LogP contribution in [0.3, 0.4) is 0 Å². The number of nitrogen functional groups attached to an aromatic ring is 1. The van der Waals surface area contributed by atoms with E-state index >= 15 is 0 Å². The second-order valence-electron chi connectivity index (χ2n) is 12.9. The Bertz CT molecular complexity index is 2090. The van der Waals surface area contributed by atoms with Crippen LogP contribution in [0.15, 0.2) is 97.0 Å². The number of nitrogens with one attached hydrogen (secondary N) is 6. The van der Waals surface area contributed by atoms with Crippen molar-refractivity contribution in [2.45, 2.75) is 27.7 Å². The highest BCUT2D eigenvalue weighted by Crippen LogP contribution is 2.34. The molecule has 2 amide bonds. The van der Waals surface area contributed by atoms with Gasteiger partial charge in [-0.2, -0.15) is 4.98 Å². The summed E-state index contributed by atoms with van der Waals surface area (Å²) in [6.45, 7) is 12.1. The van der Waals surface area contributed by atoms with Crippen molar-refractivity contribution in [3.8, 4) is 11.6 Å². The largest absolute Gasteiger partial charge is 0.438 e. The molecule has 4 aromatic carbocycles. The summed E-state index contributed by atoms with van der Waals surface area (Å²) in [5.41, 5.74) is 10.1. The van der Waals surface area contributed by atoms with Gasteiger partial charge < -0.3 is 37.2 Å². The van der Waals surface area contributed by atoms with Gasteiger partial charge in [0.15, 0.2) is 0 Å². The zero-order valence-electron chi connectivity index (χ0n) is 29.0. The minimum Gasteiger partial charge on any atom is -0.438 e. The number of hydrogen-bond donors (Lipinski definition) is 7. The van der Waals surface area contributed by atoms with Crippen molar-refractivity contribution in [2.24, 2.45) is 5.41 Å². The van der Waals surface area contributed by atoms with Crippen LogP contribution in [0.1, 0.15) is 31.9 Å². The number of amides is 2. The number of urea groups is 1. The summed E-state index contributed by atoms with van der Waals surface area (Å²) in [6, 6.07) is 24.0. The molecule has 0 bridgehead atoms. The van der Waals surface area contributed by atoms with Gasteiger partial charge in [0, 0.05) is 69.1 Å². The first-order chi connectivity index (χ1) is 23.8. The lowest BCUT2D eigenvalue weighted by molar-refractivity contribution is 0.254. The third-order valence-corrected chi connectivity index (χ3v) is 9.15. The molecule has 11 nitrogen and oxygen atoms in total. The fourth-order valence-corrected chi connectivity index (χ4v) is 5.67. The summed E-state index contributed by atoms with van der Waals surface area (Å²) in [7, 11) is -0.231. The number of ether oxygens (including phenoxy) is 1.